The second-order valence-electron chi connectivity index (χ2n) is 6.15. The van der Waals surface area contributed by atoms with Gasteiger partial charge in [0.25, 0.3) is 5.91 Å². The maximum Gasteiger partial charge on any atom is 0.349 e. The van der Waals surface area contributed by atoms with Gasteiger partial charge in [-0.1, -0.05) is 11.6 Å². The highest BCUT2D eigenvalue weighted by Gasteiger charge is 2.23. The molecule has 2 aromatic rings. The Bertz CT molecular complexity index is 809. The van der Waals surface area contributed by atoms with E-state index in [1.165, 1.54) is 28.9 Å². The summed E-state index contributed by atoms with van der Waals surface area (Å²) in [6, 6.07) is 6.81. The van der Waals surface area contributed by atoms with Crippen LogP contribution in [-0.4, -0.2) is 25.1 Å². The summed E-state index contributed by atoms with van der Waals surface area (Å²) in [4.78, 5) is 26.4. The number of nitrogens with one attached hydrogen (secondary N) is 1. The Balaban J connectivity index is 1.60. The van der Waals surface area contributed by atoms with E-state index in [1.54, 1.807) is 25.1 Å². The van der Waals surface area contributed by atoms with Crippen LogP contribution in [0.25, 0.3) is 0 Å². The number of carbonyl (C=O) groups excluding carboxylic acids is 2. The van der Waals surface area contributed by atoms with Gasteiger partial charge in [0.1, 0.15) is 10.6 Å². The third-order valence-electron chi connectivity index (χ3n) is 4.27. The van der Waals surface area contributed by atoms with Crippen molar-refractivity contribution in [1.82, 2.24) is 0 Å². The van der Waals surface area contributed by atoms with Crippen molar-refractivity contribution in [2.75, 3.05) is 12.4 Å². The maximum atomic E-state index is 12.3. The van der Waals surface area contributed by atoms with Crippen LogP contribution in [0.5, 0.6) is 5.75 Å². The minimum Gasteiger partial charge on any atom is -0.495 e. The van der Waals surface area contributed by atoms with E-state index in [4.69, 9.17) is 21.1 Å². The van der Waals surface area contributed by atoms with Crippen molar-refractivity contribution >= 4 is 40.5 Å². The highest BCUT2D eigenvalue weighted by atomic mass is 35.5. The first-order chi connectivity index (χ1) is 12.5. The lowest BCUT2D eigenvalue weighted by Crippen LogP contribution is -2.29. The number of methoxy groups -OCH3 is 1. The molecule has 0 radical (unpaired) electrons. The van der Waals surface area contributed by atoms with Crippen molar-refractivity contribution in [1.29, 1.82) is 0 Å². The van der Waals surface area contributed by atoms with Gasteiger partial charge >= 0.3 is 5.97 Å². The molecule has 3 rings (SSSR count). The van der Waals surface area contributed by atoms with Gasteiger partial charge in [-0.3, -0.25) is 4.79 Å². The number of anilines is 1. The molecule has 0 spiro atoms. The van der Waals surface area contributed by atoms with Crippen LogP contribution >= 0.6 is 22.9 Å². The Kier molecular flexibility index (Phi) is 5.84. The minimum atomic E-state index is -0.914. The predicted molar refractivity (Wildman–Crippen MR) is 102 cm³/mol. The number of amides is 1. The van der Waals surface area contributed by atoms with Crippen molar-refractivity contribution in [2.45, 2.75) is 38.7 Å². The average molecular weight is 394 g/mol. The summed E-state index contributed by atoms with van der Waals surface area (Å²) in [5, 5.41) is 3.07. The highest BCUT2D eigenvalue weighted by Crippen LogP contribution is 2.30. The Morgan fingerprint density at radius 2 is 2.00 bits per heavy atom. The largest absolute Gasteiger partial charge is 0.495 e. The second kappa shape index (κ2) is 8.10. The first-order valence-corrected chi connectivity index (χ1v) is 9.64. The zero-order valence-corrected chi connectivity index (χ0v) is 16.2. The Hall–Kier alpha value is -2.05. The van der Waals surface area contributed by atoms with Gasteiger partial charge in [-0.25, -0.2) is 4.79 Å². The van der Waals surface area contributed by atoms with Crippen molar-refractivity contribution in [3.63, 3.8) is 0 Å². The number of fused-ring (bicyclic) bond motifs is 1. The average Bonchev–Trinajstić information content (AvgIpc) is 3.06. The number of rotatable bonds is 5. The third kappa shape index (κ3) is 4.19. The van der Waals surface area contributed by atoms with Crippen molar-refractivity contribution in [3.05, 3.63) is 44.6 Å². The molecule has 1 N–H and O–H groups in total. The van der Waals surface area contributed by atoms with E-state index >= 15 is 0 Å². The van der Waals surface area contributed by atoms with Crippen molar-refractivity contribution in [3.8, 4) is 5.75 Å². The molecule has 7 heteroatoms. The SMILES string of the molecule is COc1ccc(NC(=O)C(C)OC(=O)c2cc3c(s2)CCCC3)cc1Cl. The summed E-state index contributed by atoms with van der Waals surface area (Å²) < 4.78 is 10.4. The first kappa shape index (κ1) is 18.7. The van der Waals surface area contributed by atoms with Crippen LogP contribution < -0.4 is 10.1 Å². The molecule has 0 saturated carbocycles. The summed E-state index contributed by atoms with van der Waals surface area (Å²) in [5.41, 5.74) is 1.74. The Labute approximate surface area is 161 Å². The van der Waals surface area contributed by atoms with Gasteiger partial charge in [0, 0.05) is 10.6 Å². The number of hydrogen-bond donors (Lipinski definition) is 1. The fraction of sp³-hybridized carbons (Fsp3) is 0.368. The number of benzene rings is 1. The lowest BCUT2D eigenvalue weighted by Gasteiger charge is -2.13. The van der Waals surface area contributed by atoms with Gasteiger partial charge < -0.3 is 14.8 Å². The van der Waals surface area contributed by atoms with E-state index in [1.807, 2.05) is 6.07 Å². The van der Waals surface area contributed by atoms with Crippen LogP contribution in [-0.2, 0) is 22.4 Å². The molecule has 0 bridgehead atoms. The molecule has 0 fully saturated rings. The summed E-state index contributed by atoms with van der Waals surface area (Å²) >= 11 is 7.52. The fourth-order valence-corrected chi connectivity index (χ4v) is 4.25. The number of hydrogen-bond acceptors (Lipinski definition) is 5. The second-order valence-corrected chi connectivity index (χ2v) is 7.70. The minimum absolute atomic E-state index is 0.388. The van der Waals surface area contributed by atoms with Crippen LogP contribution in [0.3, 0.4) is 0 Å². The Morgan fingerprint density at radius 3 is 2.69 bits per heavy atom. The van der Waals surface area contributed by atoms with Gasteiger partial charge in [-0.15, -0.1) is 11.3 Å². The quantitative estimate of drug-likeness (QED) is 0.761. The summed E-state index contributed by atoms with van der Waals surface area (Å²) in [6.07, 6.45) is 3.42. The number of ether oxygens (including phenoxy) is 2. The van der Waals surface area contributed by atoms with E-state index < -0.39 is 18.0 Å². The predicted octanol–water partition coefficient (Wildman–Crippen LogP) is 4.47. The number of thiophene rings is 1. The van der Waals surface area contributed by atoms with E-state index in [0.717, 1.165) is 25.7 Å². The fourth-order valence-electron chi connectivity index (χ4n) is 2.85. The molecule has 1 amide bonds. The van der Waals surface area contributed by atoms with Crippen molar-refractivity contribution < 1.29 is 19.1 Å². The number of aryl methyl sites for hydroxylation is 2. The van der Waals surface area contributed by atoms with E-state index in [0.29, 0.717) is 21.3 Å². The molecular weight excluding hydrogens is 374 g/mol. The zero-order chi connectivity index (χ0) is 18.7. The standard InChI is InChI=1S/C19H20ClNO4S/c1-11(18(22)21-13-7-8-15(24-2)14(20)10-13)25-19(23)17-9-12-5-3-4-6-16(12)26-17/h7-11H,3-6H2,1-2H3,(H,21,22). The van der Waals surface area contributed by atoms with Crippen LogP contribution in [0, 0.1) is 0 Å². The first-order valence-electron chi connectivity index (χ1n) is 8.45. The molecule has 26 heavy (non-hydrogen) atoms. The van der Waals surface area contributed by atoms with E-state index in [9.17, 15) is 9.59 Å². The van der Waals surface area contributed by atoms with Crippen LogP contribution in [0.4, 0.5) is 5.69 Å². The highest BCUT2D eigenvalue weighted by molar-refractivity contribution is 7.14. The number of esters is 1. The molecule has 138 valence electrons. The lowest BCUT2D eigenvalue weighted by molar-refractivity contribution is -0.123. The molecule has 1 atom stereocenters. The smallest absolute Gasteiger partial charge is 0.349 e. The number of halogens is 1. The monoisotopic (exact) mass is 393 g/mol. The summed E-state index contributed by atoms with van der Waals surface area (Å²) in [5.74, 6) is -0.355. The van der Waals surface area contributed by atoms with E-state index in [-0.39, 0.29) is 0 Å². The molecule has 0 saturated heterocycles. The van der Waals surface area contributed by atoms with Gasteiger partial charge in [-0.05, 0) is 62.4 Å². The van der Waals surface area contributed by atoms with Gasteiger partial charge in [0.05, 0.1) is 12.1 Å². The van der Waals surface area contributed by atoms with Crippen LogP contribution in [0.1, 0.15) is 39.9 Å². The van der Waals surface area contributed by atoms with Gasteiger partial charge in [0.2, 0.25) is 0 Å². The number of carbonyl (C=O) groups is 2. The third-order valence-corrected chi connectivity index (χ3v) is 5.78. The summed E-state index contributed by atoms with van der Waals surface area (Å²) in [6.45, 7) is 1.55. The molecule has 5 nitrogen and oxygen atoms in total. The van der Waals surface area contributed by atoms with Crippen LogP contribution in [0.2, 0.25) is 5.02 Å². The zero-order valence-electron chi connectivity index (χ0n) is 14.6. The molecule has 1 aliphatic carbocycles. The van der Waals surface area contributed by atoms with Crippen molar-refractivity contribution in [2.24, 2.45) is 0 Å². The van der Waals surface area contributed by atoms with Crippen LogP contribution in [0.15, 0.2) is 24.3 Å². The molecule has 1 aliphatic rings. The maximum absolute atomic E-state index is 12.3. The molecular formula is C19H20ClNO4S. The topological polar surface area (TPSA) is 64.6 Å². The van der Waals surface area contributed by atoms with Gasteiger partial charge in [0.15, 0.2) is 6.10 Å². The Morgan fingerprint density at radius 1 is 1.23 bits per heavy atom. The summed E-state index contributed by atoms with van der Waals surface area (Å²) in [7, 11) is 1.52. The molecule has 1 unspecified atom stereocenters. The van der Waals surface area contributed by atoms with Gasteiger partial charge in [-0.2, -0.15) is 0 Å². The molecule has 1 heterocycles. The molecule has 1 aromatic carbocycles. The lowest BCUT2D eigenvalue weighted by atomic mass is 9.99. The molecule has 0 aliphatic heterocycles. The normalized spacial score (nSPS) is 14.3. The van der Waals surface area contributed by atoms with E-state index in [2.05, 4.69) is 5.32 Å². The molecule has 1 aromatic heterocycles.